The summed E-state index contributed by atoms with van der Waals surface area (Å²) in [7, 11) is 1.55. The number of anilines is 1. The lowest BCUT2D eigenvalue weighted by Crippen LogP contribution is -2.29. The molecule has 4 aromatic rings. The van der Waals surface area contributed by atoms with Crippen LogP contribution >= 0.6 is 11.3 Å². The van der Waals surface area contributed by atoms with Crippen molar-refractivity contribution in [3.63, 3.8) is 0 Å². The number of rotatable bonds is 4. The fourth-order valence-corrected chi connectivity index (χ4v) is 5.63. The minimum Gasteiger partial charge on any atom is -0.507 e. The minimum absolute atomic E-state index is 0.0381. The van der Waals surface area contributed by atoms with Gasteiger partial charge < -0.3 is 9.84 Å². The van der Waals surface area contributed by atoms with Crippen LogP contribution in [-0.2, 0) is 9.59 Å². The Balaban J connectivity index is 1.72. The number of carbonyl (C=O) groups is 2. The number of fused-ring (bicyclic) bond motifs is 1. The molecule has 35 heavy (non-hydrogen) atoms. The van der Waals surface area contributed by atoms with Gasteiger partial charge in [-0.25, -0.2) is 4.98 Å². The number of aliphatic hydroxyl groups excluding tert-OH is 1. The van der Waals surface area contributed by atoms with Crippen molar-refractivity contribution < 1.29 is 19.4 Å². The molecule has 7 heteroatoms. The van der Waals surface area contributed by atoms with E-state index in [9.17, 15) is 14.7 Å². The summed E-state index contributed by atoms with van der Waals surface area (Å²) in [5.41, 5.74) is 5.14. The molecule has 1 N–H and O–H groups in total. The number of thiazole rings is 1. The molecule has 1 fully saturated rings. The molecule has 0 spiro atoms. The number of hydrogen-bond donors (Lipinski definition) is 1. The van der Waals surface area contributed by atoms with Gasteiger partial charge in [-0.3, -0.25) is 14.5 Å². The van der Waals surface area contributed by atoms with Crippen molar-refractivity contribution in [1.82, 2.24) is 4.98 Å². The summed E-state index contributed by atoms with van der Waals surface area (Å²) >= 11 is 1.37. The largest absolute Gasteiger partial charge is 0.507 e. The lowest BCUT2D eigenvalue weighted by Gasteiger charge is -2.23. The number of carbonyl (C=O) groups excluding carboxylic acids is 2. The molecule has 1 aliphatic heterocycles. The summed E-state index contributed by atoms with van der Waals surface area (Å²) < 4.78 is 6.14. The highest BCUT2D eigenvalue weighted by Crippen LogP contribution is 2.44. The van der Waals surface area contributed by atoms with E-state index in [0.29, 0.717) is 16.4 Å². The molecule has 1 aromatic heterocycles. The van der Waals surface area contributed by atoms with Gasteiger partial charge in [-0.1, -0.05) is 47.2 Å². The third kappa shape index (κ3) is 3.88. The molecule has 0 aliphatic carbocycles. The number of ether oxygens (including phenoxy) is 1. The predicted molar refractivity (Wildman–Crippen MR) is 138 cm³/mol. The SMILES string of the molecule is COc1ccc(/C(O)=C2\C(=O)C(=O)N(c3nc4c(C)cc(C)cc4s3)C2c2ccc(C)cc2)cc1. The Bertz CT molecular complexity index is 1500. The molecule has 1 amide bonds. The van der Waals surface area contributed by atoms with E-state index in [2.05, 4.69) is 0 Å². The Morgan fingerprint density at radius 2 is 1.66 bits per heavy atom. The molecule has 6 nitrogen and oxygen atoms in total. The number of aryl methyl sites for hydroxylation is 3. The van der Waals surface area contributed by atoms with Crippen LogP contribution in [0, 0.1) is 20.8 Å². The van der Waals surface area contributed by atoms with Crippen LogP contribution in [0.15, 0.2) is 66.2 Å². The average Bonchev–Trinajstić information content (AvgIpc) is 3.38. The molecule has 1 saturated heterocycles. The molecule has 3 aromatic carbocycles. The van der Waals surface area contributed by atoms with E-state index in [1.54, 1.807) is 31.4 Å². The first-order valence-corrected chi connectivity index (χ1v) is 12.0. The van der Waals surface area contributed by atoms with Crippen molar-refractivity contribution in [2.24, 2.45) is 0 Å². The van der Waals surface area contributed by atoms with E-state index >= 15 is 0 Å². The minimum atomic E-state index is -0.806. The zero-order valence-corrected chi connectivity index (χ0v) is 20.6. The summed E-state index contributed by atoms with van der Waals surface area (Å²) in [6, 6.07) is 17.6. The molecule has 0 radical (unpaired) electrons. The summed E-state index contributed by atoms with van der Waals surface area (Å²) in [5.74, 6) is -1.06. The summed E-state index contributed by atoms with van der Waals surface area (Å²) in [6.07, 6.45) is 0. The fourth-order valence-electron chi connectivity index (χ4n) is 4.46. The first-order chi connectivity index (χ1) is 16.8. The molecule has 5 rings (SSSR count). The van der Waals surface area contributed by atoms with Crippen molar-refractivity contribution in [2.45, 2.75) is 26.8 Å². The van der Waals surface area contributed by atoms with Crippen LogP contribution in [0.3, 0.4) is 0 Å². The quantitative estimate of drug-likeness (QED) is 0.223. The van der Waals surface area contributed by atoms with Crippen molar-refractivity contribution in [3.05, 3.63) is 94.1 Å². The number of amides is 1. The van der Waals surface area contributed by atoms with E-state index in [-0.39, 0.29) is 11.3 Å². The lowest BCUT2D eigenvalue weighted by molar-refractivity contribution is -0.132. The van der Waals surface area contributed by atoms with E-state index < -0.39 is 17.7 Å². The smallest absolute Gasteiger partial charge is 0.301 e. The maximum absolute atomic E-state index is 13.4. The summed E-state index contributed by atoms with van der Waals surface area (Å²) in [5, 5.41) is 11.7. The summed E-state index contributed by atoms with van der Waals surface area (Å²) in [4.78, 5) is 32.9. The topological polar surface area (TPSA) is 79.7 Å². The van der Waals surface area contributed by atoms with Crippen LogP contribution in [0.4, 0.5) is 5.13 Å². The maximum Gasteiger partial charge on any atom is 0.301 e. The van der Waals surface area contributed by atoms with Gasteiger partial charge in [0.15, 0.2) is 5.13 Å². The number of aliphatic hydroxyl groups is 1. The first-order valence-electron chi connectivity index (χ1n) is 11.2. The normalized spacial score (nSPS) is 17.4. The standard InChI is InChI=1S/C28H24N2O4S/c1-15-5-7-18(8-6-15)24-22(25(31)19-9-11-20(34-4)12-10-19)26(32)27(33)30(24)28-29-23-17(3)13-16(2)14-21(23)35-28/h5-14,24,31H,1-4H3/b25-22+. The van der Waals surface area contributed by atoms with E-state index in [0.717, 1.165) is 32.5 Å². The molecular weight excluding hydrogens is 460 g/mol. The second-order valence-electron chi connectivity index (χ2n) is 8.73. The van der Waals surface area contributed by atoms with Gasteiger partial charge in [-0.2, -0.15) is 0 Å². The molecule has 0 bridgehead atoms. The number of benzene rings is 3. The molecule has 176 valence electrons. The van der Waals surface area contributed by atoms with Gasteiger partial charge in [0, 0.05) is 5.56 Å². The molecular formula is C28H24N2O4S. The number of aromatic nitrogens is 1. The van der Waals surface area contributed by atoms with E-state index in [1.165, 1.54) is 16.2 Å². The van der Waals surface area contributed by atoms with Crippen molar-refractivity contribution in [3.8, 4) is 5.75 Å². The zero-order chi connectivity index (χ0) is 24.9. The van der Waals surface area contributed by atoms with Gasteiger partial charge in [-0.05, 0) is 67.8 Å². The van der Waals surface area contributed by atoms with Gasteiger partial charge in [0.05, 0.1) is 28.9 Å². The molecule has 0 saturated carbocycles. The van der Waals surface area contributed by atoms with Crippen molar-refractivity contribution in [2.75, 3.05) is 12.0 Å². The van der Waals surface area contributed by atoms with Gasteiger partial charge in [0.2, 0.25) is 0 Å². The van der Waals surface area contributed by atoms with Gasteiger partial charge in [0.1, 0.15) is 11.5 Å². The van der Waals surface area contributed by atoms with E-state index in [4.69, 9.17) is 9.72 Å². The highest BCUT2D eigenvalue weighted by atomic mass is 32.1. The molecule has 2 heterocycles. The Morgan fingerprint density at radius 3 is 2.31 bits per heavy atom. The Morgan fingerprint density at radius 1 is 0.971 bits per heavy atom. The van der Waals surface area contributed by atoms with Crippen LogP contribution in [0.25, 0.3) is 16.0 Å². The average molecular weight is 485 g/mol. The van der Waals surface area contributed by atoms with Gasteiger partial charge in [0.25, 0.3) is 5.78 Å². The molecule has 1 unspecified atom stereocenters. The van der Waals surface area contributed by atoms with E-state index in [1.807, 2.05) is 57.2 Å². The Hall–Kier alpha value is -3.97. The number of nitrogens with zero attached hydrogens (tertiary/aromatic N) is 2. The van der Waals surface area contributed by atoms with Crippen LogP contribution in [0.1, 0.15) is 33.9 Å². The number of methoxy groups -OCH3 is 1. The predicted octanol–water partition coefficient (Wildman–Crippen LogP) is 5.86. The van der Waals surface area contributed by atoms with Crippen molar-refractivity contribution in [1.29, 1.82) is 0 Å². The number of ketones is 1. The maximum atomic E-state index is 13.4. The first kappa shape index (κ1) is 22.8. The van der Waals surface area contributed by atoms with Crippen LogP contribution in [0.2, 0.25) is 0 Å². The molecule has 1 aliphatic rings. The van der Waals surface area contributed by atoms with Gasteiger partial charge in [-0.15, -0.1) is 0 Å². The Labute approximate surface area is 207 Å². The number of Topliss-reactive ketones (excluding diaryl/α,β-unsaturated/α-hetero) is 1. The number of hydrogen-bond acceptors (Lipinski definition) is 6. The Kier molecular flexibility index (Phi) is 5.65. The van der Waals surface area contributed by atoms with Crippen LogP contribution in [-0.4, -0.2) is 28.9 Å². The van der Waals surface area contributed by atoms with Crippen LogP contribution in [0.5, 0.6) is 5.75 Å². The second kappa shape index (κ2) is 8.67. The third-order valence-electron chi connectivity index (χ3n) is 6.23. The van der Waals surface area contributed by atoms with Crippen molar-refractivity contribution >= 4 is 44.1 Å². The summed E-state index contributed by atoms with van der Waals surface area (Å²) in [6.45, 7) is 5.96. The molecule has 1 atom stereocenters. The highest BCUT2D eigenvalue weighted by molar-refractivity contribution is 7.22. The highest BCUT2D eigenvalue weighted by Gasteiger charge is 2.48. The third-order valence-corrected chi connectivity index (χ3v) is 7.23. The fraction of sp³-hybridized carbons (Fsp3) is 0.179. The van der Waals surface area contributed by atoms with Gasteiger partial charge >= 0.3 is 5.91 Å². The zero-order valence-electron chi connectivity index (χ0n) is 19.8. The second-order valence-corrected chi connectivity index (χ2v) is 9.74. The monoisotopic (exact) mass is 484 g/mol. The van der Waals surface area contributed by atoms with Crippen LogP contribution < -0.4 is 9.64 Å². The lowest BCUT2D eigenvalue weighted by atomic mass is 9.95.